The number of pyridine rings is 1. The minimum atomic E-state index is -5.85. The Balaban J connectivity index is 1.46. The van der Waals surface area contributed by atoms with Crippen molar-refractivity contribution in [1.29, 1.82) is 0 Å². The molecule has 0 bridgehead atoms. The molecule has 0 atom stereocenters. The van der Waals surface area contributed by atoms with Crippen LogP contribution in [-0.4, -0.2) is 36.5 Å². The maximum atomic E-state index is 13.3. The van der Waals surface area contributed by atoms with Crippen LogP contribution in [0.1, 0.15) is 12.8 Å². The summed E-state index contributed by atoms with van der Waals surface area (Å²) in [4.78, 5) is 6.22. The number of aromatic nitrogens is 1. The topological polar surface area (TPSA) is 54.5 Å². The molecule has 1 fully saturated rings. The van der Waals surface area contributed by atoms with Gasteiger partial charge in [-0.1, -0.05) is 18.2 Å². The first-order valence-electron chi connectivity index (χ1n) is 9.84. The van der Waals surface area contributed by atoms with E-state index < -0.39 is 24.1 Å². The predicted octanol–water partition coefficient (Wildman–Crippen LogP) is 5.96. The molecule has 1 aliphatic heterocycles. The number of rotatable bonds is 5. The third-order valence-corrected chi connectivity index (χ3v) is 5.20. The van der Waals surface area contributed by atoms with Crippen molar-refractivity contribution in [3.63, 3.8) is 0 Å². The van der Waals surface area contributed by atoms with Gasteiger partial charge in [-0.25, -0.2) is 0 Å². The molecule has 32 heavy (non-hydrogen) atoms. The molecular weight excluding hydrogens is 435 g/mol. The molecule has 1 aliphatic rings. The molecule has 10 heteroatoms. The van der Waals surface area contributed by atoms with Gasteiger partial charge in [0.05, 0.1) is 16.6 Å². The highest BCUT2D eigenvalue weighted by molar-refractivity contribution is 5.96. The third kappa shape index (κ3) is 4.35. The van der Waals surface area contributed by atoms with E-state index in [9.17, 15) is 27.1 Å². The average Bonchev–Trinajstić information content (AvgIpc) is 2.75. The number of alkyl halides is 5. The first-order valence-corrected chi connectivity index (χ1v) is 9.84. The zero-order valence-corrected chi connectivity index (χ0v) is 16.6. The second-order valence-electron chi connectivity index (χ2n) is 7.35. The predicted molar refractivity (Wildman–Crippen MR) is 106 cm³/mol. The van der Waals surface area contributed by atoms with E-state index in [-0.39, 0.29) is 11.5 Å². The van der Waals surface area contributed by atoms with Gasteiger partial charge in [-0.3, -0.25) is 10.1 Å². The molecule has 0 unspecified atom stereocenters. The van der Waals surface area contributed by atoms with E-state index in [0.717, 1.165) is 11.8 Å². The van der Waals surface area contributed by atoms with E-state index >= 15 is 0 Å². The number of hydrogen-bond donors (Lipinski definition) is 0. The van der Waals surface area contributed by atoms with E-state index in [0.29, 0.717) is 36.8 Å². The van der Waals surface area contributed by atoms with Gasteiger partial charge in [0.15, 0.2) is 17.2 Å². The number of anilines is 1. The van der Waals surface area contributed by atoms with Crippen LogP contribution in [0.25, 0.3) is 10.9 Å². The molecule has 2 heterocycles. The molecule has 5 nitrogen and oxygen atoms in total. The molecule has 0 N–H and O–H groups in total. The number of benzene rings is 2. The van der Waals surface area contributed by atoms with Crippen molar-refractivity contribution in [3.05, 3.63) is 54.7 Å². The first kappa shape index (κ1) is 21.9. The average molecular weight is 453 g/mol. The van der Waals surface area contributed by atoms with Gasteiger partial charge in [-0.15, -0.1) is 0 Å². The Hall–Kier alpha value is -3.30. The molecule has 169 valence electrons. The largest absolute Gasteiger partial charge is 0.499 e. The summed E-state index contributed by atoms with van der Waals surface area (Å²) in [5.41, 5.74) is 1.33. The van der Waals surface area contributed by atoms with Gasteiger partial charge < -0.3 is 14.4 Å². The van der Waals surface area contributed by atoms with Crippen molar-refractivity contribution in [2.75, 3.05) is 18.0 Å². The van der Waals surface area contributed by atoms with Crippen LogP contribution in [0.3, 0.4) is 0 Å². The molecule has 1 saturated heterocycles. The van der Waals surface area contributed by atoms with Crippen LogP contribution in [0.5, 0.6) is 17.2 Å². The summed E-state index contributed by atoms with van der Waals surface area (Å²) in [5.74, 6) is -1.01. The van der Waals surface area contributed by atoms with E-state index in [1.54, 1.807) is 12.1 Å². The van der Waals surface area contributed by atoms with Crippen molar-refractivity contribution in [1.82, 2.24) is 4.98 Å². The Morgan fingerprint density at radius 3 is 2.28 bits per heavy atom. The third-order valence-electron chi connectivity index (χ3n) is 5.20. The Labute approximate surface area is 180 Å². The lowest BCUT2D eigenvalue weighted by molar-refractivity contribution is -0.360. The van der Waals surface area contributed by atoms with E-state index in [2.05, 4.69) is 9.72 Å². The van der Waals surface area contributed by atoms with Crippen molar-refractivity contribution in [2.45, 2.75) is 31.2 Å². The second kappa shape index (κ2) is 8.33. The Bertz CT molecular complexity index is 1090. The Morgan fingerprint density at radius 1 is 0.906 bits per heavy atom. The maximum Gasteiger partial charge on any atom is 0.499 e. The summed E-state index contributed by atoms with van der Waals surface area (Å²) < 4.78 is 73.9. The first-order chi connectivity index (χ1) is 15.2. The minimum absolute atomic E-state index is 0.138. The van der Waals surface area contributed by atoms with Gasteiger partial charge in [0.1, 0.15) is 6.10 Å². The van der Waals surface area contributed by atoms with Crippen LogP contribution in [0.2, 0.25) is 0 Å². The number of ether oxygens (including phenoxy) is 2. The summed E-state index contributed by atoms with van der Waals surface area (Å²) >= 11 is 0. The van der Waals surface area contributed by atoms with E-state index in [1.165, 1.54) is 30.5 Å². The van der Waals surface area contributed by atoms with Crippen molar-refractivity contribution in [3.8, 4) is 17.2 Å². The molecule has 3 aromatic rings. The number of para-hydroxylation sites is 2. The zero-order chi connectivity index (χ0) is 22.9. The molecule has 1 aromatic heterocycles. The standard InChI is InChI=1S/C22H18F5N2O3/c23-21(24,25)22(26,27)32-19-7-2-1-6-18(19)31-14-9-12-29(13-10-14)16-5-3-4-15-20(16)17(30)8-11-28-15/h1-8,11,14H,9-10,12-13H2. The maximum absolute atomic E-state index is 13.3. The van der Waals surface area contributed by atoms with Gasteiger partial charge in [0.25, 0.3) is 0 Å². The van der Waals surface area contributed by atoms with Gasteiger partial charge in [-0.2, -0.15) is 22.0 Å². The molecule has 0 aliphatic carbocycles. The SMILES string of the molecule is [O]c1ccnc2cccc(N3CCC(Oc4ccccc4OC(F)(F)C(F)(F)F)CC3)c12. The van der Waals surface area contributed by atoms with Crippen LogP contribution in [0, 0.1) is 0 Å². The van der Waals surface area contributed by atoms with E-state index in [1.807, 2.05) is 11.0 Å². The summed E-state index contributed by atoms with van der Waals surface area (Å²) in [6.45, 7) is 1.000. The van der Waals surface area contributed by atoms with E-state index in [4.69, 9.17) is 4.74 Å². The number of piperidine rings is 1. The summed E-state index contributed by atoms with van der Waals surface area (Å²) in [7, 11) is 0. The van der Waals surface area contributed by atoms with Gasteiger partial charge in [0, 0.05) is 38.2 Å². The van der Waals surface area contributed by atoms with Crippen molar-refractivity contribution < 1.29 is 36.5 Å². The highest BCUT2D eigenvalue weighted by Gasteiger charge is 2.61. The highest BCUT2D eigenvalue weighted by Crippen LogP contribution is 2.41. The highest BCUT2D eigenvalue weighted by atomic mass is 19.4. The lowest BCUT2D eigenvalue weighted by Crippen LogP contribution is -2.42. The quantitative estimate of drug-likeness (QED) is 0.448. The van der Waals surface area contributed by atoms with Crippen LogP contribution >= 0.6 is 0 Å². The molecule has 0 spiro atoms. The molecule has 1 radical (unpaired) electrons. The second-order valence-corrected chi connectivity index (χ2v) is 7.35. The fraction of sp³-hybridized carbons (Fsp3) is 0.318. The van der Waals surface area contributed by atoms with Crippen molar-refractivity contribution >= 4 is 16.6 Å². The number of nitrogens with zero attached hydrogens (tertiary/aromatic N) is 2. The fourth-order valence-electron chi connectivity index (χ4n) is 3.64. The Morgan fingerprint density at radius 2 is 1.59 bits per heavy atom. The normalized spacial score (nSPS) is 15.7. The summed E-state index contributed by atoms with van der Waals surface area (Å²) in [5, 5.41) is 12.8. The fourth-order valence-corrected chi connectivity index (χ4v) is 3.64. The summed E-state index contributed by atoms with van der Waals surface area (Å²) in [6, 6.07) is 11.8. The zero-order valence-electron chi connectivity index (χ0n) is 16.6. The molecule has 2 aromatic carbocycles. The van der Waals surface area contributed by atoms with Crippen molar-refractivity contribution in [2.24, 2.45) is 0 Å². The minimum Gasteiger partial charge on any atom is -0.486 e. The van der Waals surface area contributed by atoms with Gasteiger partial charge >= 0.3 is 12.3 Å². The van der Waals surface area contributed by atoms with Gasteiger partial charge in [0.2, 0.25) is 0 Å². The van der Waals surface area contributed by atoms with Crippen LogP contribution < -0.4 is 14.4 Å². The number of halogens is 5. The number of hydrogen-bond acceptors (Lipinski definition) is 4. The van der Waals surface area contributed by atoms with Crippen LogP contribution in [-0.2, 0) is 5.11 Å². The van der Waals surface area contributed by atoms with Crippen LogP contribution in [0.15, 0.2) is 54.7 Å². The van der Waals surface area contributed by atoms with Crippen LogP contribution in [0.4, 0.5) is 27.6 Å². The smallest absolute Gasteiger partial charge is 0.486 e. The molecule has 0 saturated carbocycles. The molecule has 4 rings (SSSR count). The lowest BCUT2D eigenvalue weighted by Gasteiger charge is -2.34. The Kier molecular flexibility index (Phi) is 5.70. The van der Waals surface area contributed by atoms with Gasteiger partial charge in [-0.05, 0) is 24.3 Å². The number of fused-ring (bicyclic) bond motifs is 1. The lowest BCUT2D eigenvalue weighted by atomic mass is 10.0. The monoisotopic (exact) mass is 453 g/mol. The molecule has 0 amide bonds. The molecular formula is C22H18F5N2O3. The summed E-state index contributed by atoms with van der Waals surface area (Å²) in [6.07, 6.45) is -9.22.